The zero-order chi connectivity index (χ0) is 15.4. The van der Waals surface area contributed by atoms with Crippen LogP contribution < -0.4 is 0 Å². The van der Waals surface area contributed by atoms with Crippen molar-refractivity contribution >= 4 is 5.97 Å². The molecule has 1 aromatic rings. The minimum Gasteiger partial charge on any atom is -0.478 e. The lowest BCUT2D eigenvalue weighted by molar-refractivity contribution is 0.0579. The van der Waals surface area contributed by atoms with Gasteiger partial charge in [-0.25, -0.2) is 4.79 Å². The first-order valence-corrected chi connectivity index (χ1v) is 8.37. The van der Waals surface area contributed by atoms with E-state index in [4.69, 9.17) is 9.84 Å². The number of carboxylic acids is 1. The van der Waals surface area contributed by atoms with Gasteiger partial charge < -0.3 is 9.84 Å². The Morgan fingerprint density at radius 1 is 1.23 bits per heavy atom. The van der Waals surface area contributed by atoms with Crippen molar-refractivity contribution in [1.82, 2.24) is 4.90 Å². The average molecular weight is 303 g/mol. The van der Waals surface area contributed by atoms with Gasteiger partial charge >= 0.3 is 5.97 Å². The maximum absolute atomic E-state index is 11.1. The molecule has 3 rings (SSSR count). The Balaban J connectivity index is 1.64. The molecule has 0 spiro atoms. The van der Waals surface area contributed by atoms with Crippen molar-refractivity contribution in [3.63, 3.8) is 0 Å². The molecule has 0 bridgehead atoms. The summed E-state index contributed by atoms with van der Waals surface area (Å²) in [6.07, 6.45) is 6.68. The zero-order valence-electron chi connectivity index (χ0n) is 13.0. The summed E-state index contributed by atoms with van der Waals surface area (Å²) in [6, 6.07) is 7.32. The summed E-state index contributed by atoms with van der Waals surface area (Å²) >= 11 is 0. The third-order valence-electron chi connectivity index (χ3n) is 4.81. The Hall–Kier alpha value is -1.39. The molecule has 1 atom stereocenters. The second-order valence-corrected chi connectivity index (χ2v) is 6.63. The average Bonchev–Trinajstić information content (AvgIpc) is 2.96. The van der Waals surface area contributed by atoms with Crippen LogP contribution in [0.3, 0.4) is 0 Å². The van der Waals surface area contributed by atoms with E-state index in [2.05, 4.69) is 4.90 Å². The van der Waals surface area contributed by atoms with Crippen LogP contribution in [-0.2, 0) is 11.3 Å². The normalized spacial score (nSPS) is 22.0. The number of benzene rings is 1. The third-order valence-corrected chi connectivity index (χ3v) is 4.81. The van der Waals surface area contributed by atoms with Gasteiger partial charge in [-0.3, -0.25) is 4.90 Å². The van der Waals surface area contributed by atoms with Crippen LogP contribution in [0.1, 0.15) is 48.0 Å². The molecule has 0 radical (unpaired) electrons. The molecular formula is C18H25NO3. The molecule has 1 saturated carbocycles. The molecule has 120 valence electrons. The van der Waals surface area contributed by atoms with E-state index in [0.29, 0.717) is 11.7 Å². The molecule has 1 heterocycles. The van der Waals surface area contributed by atoms with Crippen molar-refractivity contribution in [2.75, 3.05) is 19.7 Å². The van der Waals surface area contributed by atoms with Crippen molar-refractivity contribution in [3.8, 4) is 0 Å². The van der Waals surface area contributed by atoms with Gasteiger partial charge in [0.25, 0.3) is 0 Å². The standard InChI is InChI=1S/C18H25NO3/c20-18(21)16-7-2-6-15(10-16)12-19(11-14-4-1-5-14)13-17-8-3-9-22-17/h2,6-7,10,14,17H,1,3-5,8-9,11-13H2,(H,20,21)/t17-/m1/s1. The third kappa shape index (κ3) is 4.08. The van der Waals surface area contributed by atoms with Crippen molar-refractivity contribution in [2.24, 2.45) is 5.92 Å². The van der Waals surface area contributed by atoms with E-state index in [0.717, 1.165) is 50.6 Å². The quantitative estimate of drug-likeness (QED) is 0.840. The summed E-state index contributed by atoms with van der Waals surface area (Å²) in [5, 5.41) is 9.13. The van der Waals surface area contributed by atoms with Crippen LogP contribution in [0.4, 0.5) is 0 Å². The van der Waals surface area contributed by atoms with E-state index >= 15 is 0 Å². The van der Waals surface area contributed by atoms with Crippen molar-refractivity contribution in [2.45, 2.75) is 44.8 Å². The van der Waals surface area contributed by atoms with Crippen molar-refractivity contribution in [1.29, 1.82) is 0 Å². The Kier molecular flexibility index (Phi) is 5.11. The van der Waals surface area contributed by atoms with Gasteiger partial charge in [0.05, 0.1) is 11.7 Å². The predicted molar refractivity (Wildman–Crippen MR) is 85.0 cm³/mol. The highest BCUT2D eigenvalue weighted by Crippen LogP contribution is 2.28. The minimum atomic E-state index is -0.855. The molecule has 22 heavy (non-hydrogen) atoms. The van der Waals surface area contributed by atoms with Gasteiger partial charge in [0, 0.05) is 26.2 Å². The van der Waals surface area contributed by atoms with Gasteiger partial charge in [0.15, 0.2) is 0 Å². The fourth-order valence-corrected chi connectivity index (χ4v) is 3.38. The van der Waals surface area contributed by atoms with Gasteiger partial charge in [-0.2, -0.15) is 0 Å². The van der Waals surface area contributed by atoms with Gasteiger partial charge in [-0.15, -0.1) is 0 Å². The Morgan fingerprint density at radius 2 is 2.09 bits per heavy atom. The first kappa shape index (κ1) is 15.5. The van der Waals surface area contributed by atoms with Crippen LogP contribution >= 0.6 is 0 Å². The molecule has 4 heteroatoms. The number of nitrogens with zero attached hydrogens (tertiary/aromatic N) is 1. The van der Waals surface area contributed by atoms with Crippen LogP contribution in [0, 0.1) is 5.92 Å². The fraction of sp³-hybridized carbons (Fsp3) is 0.611. The Morgan fingerprint density at radius 3 is 2.73 bits per heavy atom. The Labute approximate surface area is 132 Å². The lowest BCUT2D eigenvalue weighted by atomic mass is 9.85. The highest BCUT2D eigenvalue weighted by molar-refractivity contribution is 5.87. The summed E-state index contributed by atoms with van der Waals surface area (Å²) in [5.74, 6) is -0.0458. The topological polar surface area (TPSA) is 49.8 Å². The maximum Gasteiger partial charge on any atom is 0.335 e. The molecule has 1 N–H and O–H groups in total. The molecule has 1 aliphatic carbocycles. The molecule has 2 aliphatic rings. The number of hydrogen-bond donors (Lipinski definition) is 1. The highest BCUT2D eigenvalue weighted by atomic mass is 16.5. The van der Waals surface area contributed by atoms with Gasteiger partial charge in [0.2, 0.25) is 0 Å². The molecule has 1 saturated heterocycles. The van der Waals surface area contributed by atoms with Crippen molar-refractivity contribution in [3.05, 3.63) is 35.4 Å². The molecule has 0 unspecified atom stereocenters. The van der Waals surface area contributed by atoms with Crippen molar-refractivity contribution < 1.29 is 14.6 Å². The number of rotatable bonds is 7. The predicted octanol–water partition coefficient (Wildman–Crippen LogP) is 3.17. The zero-order valence-corrected chi connectivity index (χ0v) is 13.0. The molecule has 2 fully saturated rings. The van der Waals surface area contributed by atoms with Crippen LogP contribution in [0.15, 0.2) is 24.3 Å². The largest absolute Gasteiger partial charge is 0.478 e. The number of carbonyl (C=O) groups is 1. The summed E-state index contributed by atoms with van der Waals surface area (Å²) in [5.41, 5.74) is 1.45. The number of hydrogen-bond acceptors (Lipinski definition) is 3. The van der Waals surface area contributed by atoms with Crippen LogP contribution in [-0.4, -0.2) is 41.8 Å². The Bertz CT molecular complexity index is 507. The van der Waals surface area contributed by atoms with Gasteiger partial charge in [-0.05, 0) is 49.3 Å². The van der Waals surface area contributed by atoms with Crippen LogP contribution in [0.25, 0.3) is 0 Å². The van der Waals surface area contributed by atoms with E-state index in [-0.39, 0.29) is 0 Å². The summed E-state index contributed by atoms with van der Waals surface area (Å²) in [7, 11) is 0. The summed E-state index contributed by atoms with van der Waals surface area (Å²) in [6.45, 7) is 3.78. The molecule has 1 aliphatic heterocycles. The first-order chi connectivity index (χ1) is 10.7. The molecule has 4 nitrogen and oxygen atoms in total. The van der Waals surface area contributed by atoms with E-state index in [1.807, 2.05) is 12.1 Å². The van der Waals surface area contributed by atoms with Gasteiger partial charge in [-0.1, -0.05) is 18.6 Å². The number of ether oxygens (including phenoxy) is 1. The molecule has 1 aromatic carbocycles. The minimum absolute atomic E-state index is 0.350. The van der Waals surface area contributed by atoms with Crippen LogP contribution in [0.2, 0.25) is 0 Å². The number of aromatic carboxylic acids is 1. The number of carboxylic acid groups (broad SMARTS) is 1. The maximum atomic E-state index is 11.1. The monoisotopic (exact) mass is 303 g/mol. The van der Waals surface area contributed by atoms with Gasteiger partial charge in [0.1, 0.15) is 0 Å². The summed E-state index contributed by atoms with van der Waals surface area (Å²) < 4.78 is 5.78. The smallest absolute Gasteiger partial charge is 0.335 e. The van der Waals surface area contributed by atoms with E-state index in [9.17, 15) is 4.79 Å². The second-order valence-electron chi connectivity index (χ2n) is 6.63. The van der Waals surface area contributed by atoms with E-state index in [1.165, 1.54) is 19.3 Å². The lowest BCUT2D eigenvalue weighted by Crippen LogP contribution is -2.37. The summed E-state index contributed by atoms with van der Waals surface area (Å²) in [4.78, 5) is 13.6. The molecule has 0 amide bonds. The SMILES string of the molecule is O=C(O)c1cccc(CN(CC2CCC2)C[C@H]2CCCO2)c1. The van der Waals surface area contributed by atoms with Crippen LogP contribution in [0.5, 0.6) is 0 Å². The lowest BCUT2D eigenvalue weighted by Gasteiger charge is -2.33. The fourth-order valence-electron chi connectivity index (χ4n) is 3.38. The second kappa shape index (κ2) is 7.25. The molecular weight excluding hydrogens is 278 g/mol. The van der Waals surface area contributed by atoms with E-state index in [1.54, 1.807) is 12.1 Å². The van der Waals surface area contributed by atoms with E-state index < -0.39 is 5.97 Å². The first-order valence-electron chi connectivity index (χ1n) is 8.37. The molecule has 0 aromatic heterocycles. The highest BCUT2D eigenvalue weighted by Gasteiger charge is 2.24.